The number of hydrogen-bond donors (Lipinski definition) is 2. The molecule has 0 heterocycles. The molecule has 0 aromatic heterocycles. The van der Waals surface area contributed by atoms with Gasteiger partial charge in [-0.15, -0.1) is 0 Å². The van der Waals surface area contributed by atoms with E-state index in [0.717, 1.165) is 13.2 Å². The lowest BCUT2D eigenvalue weighted by Crippen LogP contribution is -2.10. The van der Waals surface area contributed by atoms with Crippen molar-refractivity contribution in [2.75, 3.05) is 13.7 Å². The van der Waals surface area contributed by atoms with Crippen LogP contribution in [-0.2, 0) is 6.18 Å². The largest absolute Gasteiger partial charge is 0.504 e. The standard InChI is InChI=1S/C12H16F3NO2/c1-7(5-6-16)8-3-4-9(12(13,14)15)11(18-2)10(8)17/h3-4,7,17H,5-6,16H2,1-2H3. The van der Waals surface area contributed by atoms with Gasteiger partial charge in [0.2, 0.25) is 0 Å². The average molecular weight is 263 g/mol. The van der Waals surface area contributed by atoms with Gasteiger partial charge in [-0.1, -0.05) is 13.0 Å². The highest BCUT2D eigenvalue weighted by Gasteiger charge is 2.36. The zero-order valence-electron chi connectivity index (χ0n) is 10.2. The SMILES string of the molecule is COc1c(C(F)(F)F)ccc(C(C)CCN)c1O. The maximum Gasteiger partial charge on any atom is 0.420 e. The van der Waals surface area contributed by atoms with Gasteiger partial charge in [-0.25, -0.2) is 0 Å². The van der Waals surface area contributed by atoms with E-state index >= 15 is 0 Å². The van der Waals surface area contributed by atoms with E-state index in [1.807, 2.05) is 0 Å². The van der Waals surface area contributed by atoms with Crippen LogP contribution in [0.25, 0.3) is 0 Å². The van der Waals surface area contributed by atoms with Crippen molar-refractivity contribution in [2.45, 2.75) is 25.4 Å². The molecule has 0 spiro atoms. The number of phenols is 1. The van der Waals surface area contributed by atoms with Crippen LogP contribution in [0.4, 0.5) is 13.2 Å². The molecule has 1 aromatic carbocycles. The molecule has 0 fully saturated rings. The molecule has 18 heavy (non-hydrogen) atoms. The summed E-state index contributed by atoms with van der Waals surface area (Å²) in [6.45, 7) is 2.18. The van der Waals surface area contributed by atoms with E-state index in [0.29, 0.717) is 18.5 Å². The Morgan fingerprint density at radius 2 is 2.00 bits per heavy atom. The van der Waals surface area contributed by atoms with E-state index in [1.54, 1.807) is 6.92 Å². The third kappa shape index (κ3) is 2.87. The topological polar surface area (TPSA) is 55.5 Å². The van der Waals surface area contributed by atoms with E-state index in [1.165, 1.54) is 6.07 Å². The second-order valence-electron chi connectivity index (χ2n) is 4.06. The van der Waals surface area contributed by atoms with E-state index in [-0.39, 0.29) is 5.92 Å². The molecule has 0 amide bonds. The first kappa shape index (κ1) is 14.6. The summed E-state index contributed by atoms with van der Waals surface area (Å²) in [6, 6.07) is 2.18. The van der Waals surface area contributed by atoms with Crippen LogP contribution in [0.15, 0.2) is 12.1 Å². The Kier molecular flexibility index (Phi) is 4.45. The van der Waals surface area contributed by atoms with Crippen molar-refractivity contribution in [1.82, 2.24) is 0 Å². The summed E-state index contributed by atoms with van der Waals surface area (Å²) < 4.78 is 42.7. The fourth-order valence-corrected chi connectivity index (χ4v) is 1.82. The number of phenolic OH excluding ortho intramolecular Hbond substituents is 1. The Hall–Kier alpha value is -1.43. The normalized spacial score (nSPS) is 13.4. The quantitative estimate of drug-likeness (QED) is 0.878. The van der Waals surface area contributed by atoms with Crippen molar-refractivity contribution in [3.63, 3.8) is 0 Å². The molecule has 1 rings (SSSR count). The number of nitrogens with two attached hydrogens (primary N) is 1. The van der Waals surface area contributed by atoms with Crippen LogP contribution in [0, 0.1) is 0 Å². The first-order valence-corrected chi connectivity index (χ1v) is 5.50. The maximum atomic E-state index is 12.7. The Labute approximate surface area is 103 Å². The number of halogens is 3. The highest BCUT2D eigenvalue weighted by molar-refractivity contribution is 5.53. The van der Waals surface area contributed by atoms with E-state index in [9.17, 15) is 18.3 Å². The van der Waals surface area contributed by atoms with E-state index in [4.69, 9.17) is 5.73 Å². The fourth-order valence-electron chi connectivity index (χ4n) is 1.82. The molecule has 1 unspecified atom stereocenters. The number of ether oxygens (including phenoxy) is 1. The molecule has 0 aliphatic rings. The summed E-state index contributed by atoms with van der Waals surface area (Å²) in [5, 5.41) is 9.86. The lowest BCUT2D eigenvalue weighted by Gasteiger charge is -2.18. The number of aromatic hydroxyl groups is 1. The summed E-state index contributed by atoms with van der Waals surface area (Å²) in [5.74, 6) is -1.14. The zero-order chi connectivity index (χ0) is 13.9. The highest BCUT2D eigenvalue weighted by Crippen LogP contribution is 2.44. The van der Waals surface area contributed by atoms with Gasteiger partial charge in [-0.3, -0.25) is 0 Å². The Bertz CT molecular complexity index is 419. The van der Waals surface area contributed by atoms with Crippen LogP contribution >= 0.6 is 0 Å². The highest BCUT2D eigenvalue weighted by atomic mass is 19.4. The van der Waals surface area contributed by atoms with Crippen LogP contribution in [0.1, 0.15) is 30.4 Å². The van der Waals surface area contributed by atoms with Crippen molar-refractivity contribution >= 4 is 0 Å². The monoisotopic (exact) mass is 263 g/mol. The first-order chi connectivity index (χ1) is 8.32. The minimum atomic E-state index is -4.56. The number of methoxy groups -OCH3 is 1. The third-order valence-corrected chi connectivity index (χ3v) is 2.80. The molecule has 6 heteroatoms. The van der Waals surface area contributed by atoms with Gasteiger partial charge in [0.15, 0.2) is 11.5 Å². The summed E-state index contributed by atoms with van der Waals surface area (Å²) in [7, 11) is 1.10. The summed E-state index contributed by atoms with van der Waals surface area (Å²) in [6.07, 6.45) is -3.99. The molecule has 1 atom stereocenters. The smallest absolute Gasteiger partial charge is 0.420 e. The van der Waals surface area contributed by atoms with Gasteiger partial charge >= 0.3 is 6.18 Å². The molecule has 0 saturated heterocycles. The van der Waals surface area contributed by atoms with Gasteiger partial charge in [0.05, 0.1) is 7.11 Å². The molecular formula is C12H16F3NO2. The second kappa shape index (κ2) is 5.48. The predicted octanol–water partition coefficient (Wildman–Crippen LogP) is 2.87. The molecular weight excluding hydrogens is 247 g/mol. The lowest BCUT2D eigenvalue weighted by molar-refractivity contribution is -0.138. The van der Waals surface area contributed by atoms with Crippen molar-refractivity contribution in [2.24, 2.45) is 5.73 Å². The molecule has 0 aliphatic carbocycles. The van der Waals surface area contributed by atoms with Crippen molar-refractivity contribution in [3.05, 3.63) is 23.3 Å². The van der Waals surface area contributed by atoms with Gasteiger partial charge in [0.1, 0.15) is 5.56 Å². The van der Waals surface area contributed by atoms with Gasteiger partial charge in [-0.2, -0.15) is 13.2 Å². The Morgan fingerprint density at radius 3 is 2.44 bits per heavy atom. The zero-order valence-corrected chi connectivity index (χ0v) is 10.2. The van der Waals surface area contributed by atoms with Crippen molar-refractivity contribution in [3.8, 4) is 11.5 Å². The molecule has 0 saturated carbocycles. The van der Waals surface area contributed by atoms with Crippen LogP contribution in [0.5, 0.6) is 11.5 Å². The van der Waals surface area contributed by atoms with Gasteiger partial charge in [0.25, 0.3) is 0 Å². The molecule has 102 valence electrons. The molecule has 0 aliphatic heterocycles. The number of rotatable bonds is 4. The number of benzene rings is 1. The van der Waals surface area contributed by atoms with Gasteiger partial charge in [-0.05, 0) is 24.9 Å². The van der Waals surface area contributed by atoms with Crippen LogP contribution in [0.2, 0.25) is 0 Å². The van der Waals surface area contributed by atoms with E-state index < -0.39 is 23.2 Å². The lowest BCUT2D eigenvalue weighted by atomic mass is 9.95. The minimum Gasteiger partial charge on any atom is -0.504 e. The Morgan fingerprint density at radius 1 is 1.39 bits per heavy atom. The second-order valence-corrected chi connectivity index (χ2v) is 4.06. The van der Waals surface area contributed by atoms with Crippen molar-refractivity contribution < 1.29 is 23.0 Å². The predicted molar refractivity (Wildman–Crippen MR) is 61.7 cm³/mol. The van der Waals surface area contributed by atoms with Crippen molar-refractivity contribution in [1.29, 1.82) is 0 Å². The number of hydrogen-bond acceptors (Lipinski definition) is 3. The minimum absolute atomic E-state index is 0.133. The fraction of sp³-hybridized carbons (Fsp3) is 0.500. The Balaban J connectivity index is 3.29. The maximum absolute atomic E-state index is 12.7. The van der Waals surface area contributed by atoms with Crippen LogP contribution in [0.3, 0.4) is 0 Å². The molecule has 0 bridgehead atoms. The number of alkyl halides is 3. The summed E-state index contributed by atoms with van der Waals surface area (Å²) in [5.41, 5.74) is 4.82. The molecule has 3 nitrogen and oxygen atoms in total. The molecule has 3 N–H and O–H groups in total. The third-order valence-electron chi connectivity index (χ3n) is 2.80. The van der Waals surface area contributed by atoms with Gasteiger partial charge in [0, 0.05) is 5.56 Å². The molecule has 0 radical (unpaired) electrons. The van der Waals surface area contributed by atoms with Gasteiger partial charge < -0.3 is 15.6 Å². The van der Waals surface area contributed by atoms with Crippen LogP contribution < -0.4 is 10.5 Å². The molecule has 1 aromatic rings. The van der Waals surface area contributed by atoms with Crippen LogP contribution in [-0.4, -0.2) is 18.8 Å². The average Bonchev–Trinajstić information content (AvgIpc) is 2.27. The first-order valence-electron chi connectivity index (χ1n) is 5.50. The van der Waals surface area contributed by atoms with E-state index in [2.05, 4.69) is 4.74 Å². The summed E-state index contributed by atoms with van der Waals surface area (Å²) >= 11 is 0. The summed E-state index contributed by atoms with van der Waals surface area (Å²) in [4.78, 5) is 0.